The van der Waals surface area contributed by atoms with E-state index in [1.807, 2.05) is 0 Å². The van der Waals surface area contributed by atoms with Crippen molar-refractivity contribution in [3.05, 3.63) is 0 Å². The topological polar surface area (TPSA) is 31.0 Å². The molecular weight excluding hydrogens is 148 g/mol. The van der Waals surface area contributed by atoms with Gasteiger partial charge in [0.15, 0.2) is 9.76 Å². The van der Waals surface area contributed by atoms with E-state index in [4.69, 9.17) is 13.9 Å². The lowest BCUT2D eigenvalue weighted by Crippen LogP contribution is -2.05. The van der Waals surface area contributed by atoms with Crippen LogP contribution in [-0.4, -0.2) is 42.8 Å². The Morgan fingerprint density at radius 3 is 3.10 bits per heavy atom. The zero-order valence-electron chi connectivity index (χ0n) is 6.34. The molecule has 1 unspecified atom stereocenters. The van der Waals surface area contributed by atoms with Crippen molar-refractivity contribution >= 4 is 9.76 Å². The van der Waals surface area contributed by atoms with E-state index in [1.165, 1.54) is 0 Å². The molecule has 1 aliphatic rings. The number of ether oxygens (including phenoxy) is 2. The Kier molecular flexibility index (Phi) is 3.97. The largest absolute Gasteiger partial charge is 0.427 e. The first-order valence-corrected chi connectivity index (χ1v) is 5.19. The molecule has 0 bridgehead atoms. The van der Waals surface area contributed by atoms with Gasteiger partial charge in [0.2, 0.25) is 0 Å². The van der Waals surface area contributed by atoms with Crippen LogP contribution < -0.4 is 0 Å². The van der Waals surface area contributed by atoms with Crippen LogP contribution in [0.2, 0.25) is 6.04 Å². The Labute approximate surface area is 63.6 Å². The third-order valence-corrected chi connectivity index (χ3v) is 2.33. The molecule has 0 N–H and O–H groups in total. The highest BCUT2D eigenvalue weighted by molar-refractivity contribution is 6.26. The summed E-state index contributed by atoms with van der Waals surface area (Å²) in [4.78, 5) is 0. The zero-order chi connectivity index (χ0) is 7.23. The van der Waals surface area contributed by atoms with Gasteiger partial charge in [-0.3, -0.25) is 0 Å². The van der Waals surface area contributed by atoms with Crippen LogP contribution in [0.5, 0.6) is 0 Å². The highest BCUT2D eigenvalue weighted by Crippen LogP contribution is 2.08. The van der Waals surface area contributed by atoms with E-state index in [1.54, 1.807) is 7.11 Å². The van der Waals surface area contributed by atoms with Crippen molar-refractivity contribution in [2.75, 3.05) is 26.9 Å². The predicted molar refractivity (Wildman–Crippen MR) is 40.9 cm³/mol. The predicted octanol–water partition coefficient (Wildman–Crippen LogP) is -0.450. The molecule has 10 heavy (non-hydrogen) atoms. The minimum Gasteiger partial charge on any atom is -0.427 e. The van der Waals surface area contributed by atoms with Gasteiger partial charge in [-0.05, 0) is 6.04 Å². The summed E-state index contributed by atoms with van der Waals surface area (Å²) in [6, 6.07) is 1.11. The first kappa shape index (κ1) is 8.20. The minimum absolute atomic E-state index is 0.269. The molecule has 1 heterocycles. The average molecular weight is 162 g/mol. The summed E-state index contributed by atoms with van der Waals surface area (Å²) in [6.07, 6.45) is 0.407. The molecule has 1 rings (SSSR count). The van der Waals surface area contributed by atoms with Crippen LogP contribution in [0.3, 0.4) is 0 Å². The van der Waals surface area contributed by atoms with Crippen molar-refractivity contribution in [3.63, 3.8) is 0 Å². The summed E-state index contributed by atoms with van der Waals surface area (Å²) in [6.45, 7) is 2.51. The molecular formula is C6H14O3Si. The lowest BCUT2D eigenvalue weighted by Gasteiger charge is -1.99. The van der Waals surface area contributed by atoms with Gasteiger partial charge < -0.3 is 13.9 Å². The van der Waals surface area contributed by atoms with Crippen molar-refractivity contribution in [2.45, 2.75) is 12.1 Å². The standard InChI is InChI=1S/C6H14O3Si/c1-7-10-3-2-8-4-6-5-9-6/h6H,2-5,10H2,1H3. The van der Waals surface area contributed by atoms with Gasteiger partial charge >= 0.3 is 0 Å². The van der Waals surface area contributed by atoms with Gasteiger partial charge in [-0.25, -0.2) is 0 Å². The second-order valence-electron chi connectivity index (χ2n) is 2.38. The number of epoxide rings is 1. The number of hydrogen-bond acceptors (Lipinski definition) is 3. The molecule has 1 aliphatic heterocycles. The third-order valence-electron chi connectivity index (χ3n) is 1.34. The molecule has 0 amide bonds. The van der Waals surface area contributed by atoms with E-state index in [0.29, 0.717) is 6.10 Å². The Balaban J connectivity index is 1.68. The van der Waals surface area contributed by atoms with Gasteiger partial charge in [-0.15, -0.1) is 0 Å². The molecule has 1 fully saturated rings. The summed E-state index contributed by atoms with van der Waals surface area (Å²) < 4.78 is 15.3. The highest BCUT2D eigenvalue weighted by Gasteiger charge is 2.21. The average Bonchev–Trinajstić information content (AvgIpc) is 2.71. The fraction of sp³-hybridized carbons (Fsp3) is 1.00. The van der Waals surface area contributed by atoms with Crippen LogP contribution in [-0.2, 0) is 13.9 Å². The van der Waals surface area contributed by atoms with Crippen LogP contribution in [0, 0.1) is 0 Å². The highest BCUT2D eigenvalue weighted by atomic mass is 28.2. The maximum absolute atomic E-state index is 5.29. The molecule has 0 spiro atoms. The van der Waals surface area contributed by atoms with Gasteiger partial charge in [0.25, 0.3) is 0 Å². The zero-order valence-corrected chi connectivity index (χ0v) is 7.75. The molecule has 0 aromatic carbocycles. The summed E-state index contributed by atoms with van der Waals surface area (Å²) >= 11 is 0. The van der Waals surface area contributed by atoms with Gasteiger partial charge in [0.1, 0.15) is 6.10 Å². The van der Waals surface area contributed by atoms with Gasteiger partial charge in [0, 0.05) is 13.7 Å². The second kappa shape index (κ2) is 4.84. The maximum Gasteiger partial charge on any atom is 0.163 e. The Morgan fingerprint density at radius 1 is 1.70 bits per heavy atom. The summed E-state index contributed by atoms with van der Waals surface area (Å²) in [5, 5.41) is 0. The Morgan fingerprint density at radius 2 is 2.50 bits per heavy atom. The molecule has 60 valence electrons. The molecule has 0 aliphatic carbocycles. The van der Waals surface area contributed by atoms with E-state index in [0.717, 1.165) is 25.9 Å². The fourth-order valence-corrected chi connectivity index (χ4v) is 1.30. The minimum atomic E-state index is -0.269. The van der Waals surface area contributed by atoms with Crippen LogP contribution in [0.25, 0.3) is 0 Å². The molecule has 0 aromatic rings. The van der Waals surface area contributed by atoms with E-state index in [-0.39, 0.29) is 9.76 Å². The molecule has 4 heteroatoms. The number of hydrogen-bond donors (Lipinski definition) is 0. The smallest absolute Gasteiger partial charge is 0.163 e. The lowest BCUT2D eigenvalue weighted by atomic mass is 10.5. The first-order valence-electron chi connectivity index (χ1n) is 3.62. The van der Waals surface area contributed by atoms with Crippen molar-refractivity contribution in [3.8, 4) is 0 Å². The van der Waals surface area contributed by atoms with E-state index < -0.39 is 0 Å². The Hall–Kier alpha value is 0.0969. The fourth-order valence-electron chi connectivity index (χ4n) is 0.684. The van der Waals surface area contributed by atoms with Crippen LogP contribution >= 0.6 is 0 Å². The summed E-state index contributed by atoms with van der Waals surface area (Å²) in [7, 11) is 1.49. The maximum atomic E-state index is 5.29. The summed E-state index contributed by atoms with van der Waals surface area (Å²) in [5.74, 6) is 0. The SMILES string of the molecule is CO[SiH2]CCOCC1CO1. The van der Waals surface area contributed by atoms with Crippen LogP contribution in [0.15, 0.2) is 0 Å². The van der Waals surface area contributed by atoms with Crippen molar-refractivity contribution < 1.29 is 13.9 Å². The van der Waals surface area contributed by atoms with Gasteiger partial charge in [-0.2, -0.15) is 0 Å². The van der Waals surface area contributed by atoms with Crippen LogP contribution in [0.1, 0.15) is 0 Å². The molecule has 1 saturated heterocycles. The molecule has 0 radical (unpaired) electrons. The number of rotatable bonds is 6. The normalized spacial score (nSPS) is 24.3. The lowest BCUT2D eigenvalue weighted by molar-refractivity contribution is 0.126. The van der Waals surface area contributed by atoms with Gasteiger partial charge in [0.05, 0.1) is 13.2 Å². The monoisotopic (exact) mass is 162 g/mol. The van der Waals surface area contributed by atoms with Gasteiger partial charge in [-0.1, -0.05) is 0 Å². The quantitative estimate of drug-likeness (QED) is 0.301. The third kappa shape index (κ3) is 4.00. The summed E-state index contributed by atoms with van der Waals surface area (Å²) in [5.41, 5.74) is 0. The van der Waals surface area contributed by atoms with E-state index in [9.17, 15) is 0 Å². The van der Waals surface area contributed by atoms with Crippen molar-refractivity contribution in [1.29, 1.82) is 0 Å². The van der Waals surface area contributed by atoms with Crippen molar-refractivity contribution in [1.82, 2.24) is 0 Å². The van der Waals surface area contributed by atoms with Crippen LogP contribution in [0.4, 0.5) is 0 Å². The first-order chi connectivity index (χ1) is 4.93. The molecule has 0 aromatic heterocycles. The molecule has 3 nitrogen and oxygen atoms in total. The van der Waals surface area contributed by atoms with E-state index in [2.05, 4.69) is 0 Å². The molecule has 1 atom stereocenters. The van der Waals surface area contributed by atoms with E-state index >= 15 is 0 Å². The van der Waals surface area contributed by atoms with Crippen molar-refractivity contribution in [2.24, 2.45) is 0 Å². The molecule has 0 saturated carbocycles. The second-order valence-corrected chi connectivity index (χ2v) is 4.07. The Bertz CT molecular complexity index is 85.1.